The van der Waals surface area contributed by atoms with Crippen molar-refractivity contribution in [3.63, 3.8) is 0 Å². The number of aliphatic hydroxyl groups is 4. The first-order valence-corrected chi connectivity index (χ1v) is 26.6. The molecule has 4 fully saturated rings. The average Bonchev–Trinajstić information content (AvgIpc) is 4.16. The molecule has 0 bridgehead atoms. The van der Waals surface area contributed by atoms with Gasteiger partial charge in [0.1, 0.15) is 11.3 Å². The van der Waals surface area contributed by atoms with Crippen LogP contribution in [0, 0.1) is 25.2 Å². The van der Waals surface area contributed by atoms with Crippen LogP contribution in [0.5, 0.6) is 5.88 Å². The number of imidazole rings is 2. The van der Waals surface area contributed by atoms with E-state index in [0.29, 0.717) is 39.5 Å². The molecular formula is C57H80BrCl3MgN6O8. The van der Waals surface area contributed by atoms with Crippen molar-refractivity contribution in [2.24, 2.45) is 17.8 Å². The smallest absolute Gasteiger partial charge is 1.00 e. The molecule has 19 heteroatoms. The van der Waals surface area contributed by atoms with Crippen LogP contribution in [0.4, 0.5) is 0 Å². The fourth-order valence-electron chi connectivity index (χ4n) is 9.38. The maximum absolute atomic E-state index is 11.2. The Morgan fingerprint density at radius 3 is 1.55 bits per heavy atom. The van der Waals surface area contributed by atoms with Crippen LogP contribution in [0.3, 0.4) is 0 Å². The SMILES string of the molecule is C.C1CCOC1.CC(C)(O)C1CCC(O)CC1.CC(C)(O)C1CCC(Oc2ccc3ncc(-c4cccc(Cl)c4)n3n2)CC1.CCOC(=O)C1CCC(O)CC1.Clc1cccc(-c2cnc3ccc(Cl)nn23)c1.[Br-].[CH3-].[Mg+2]. The van der Waals surface area contributed by atoms with Gasteiger partial charge in [0.15, 0.2) is 11.3 Å². The van der Waals surface area contributed by atoms with Gasteiger partial charge in [-0.05, 0) is 179 Å². The fourth-order valence-corrected chi connectivity index (χ4v) is 9.90. The zero-order valence-electron chi connectivity index (χ0n) is 44.4. The van der Waals surface area contributed by atoms with E-state index in [1.807, 2.05) is 101 Å². The van der Waals surface area contributed by atoms with Crippen molar-refractivity contribution in [2.45, 2.75) is 161 Å². The summed E-state index contributed by atoms with van der Waals surface area (Å²) in [6, 6.07) is 22.5. The number of carbonyl (C=O) groups is 1. The van der Waals surface area contributed by atoms with Crippen LogP contribution in [-0.4, -0.2) is 128 Å². The van der Waals surface area contributed by atoms with Crippen LogP contribution < -0.4 is 21.7 Å². The molecule has 6 aromatic rings. The van der Waals surface area contributed by atoms with Gasteiger partial charge in [-0.1, -0.05) is 66.5 Å². The Bertz CT molecular complexity index is 2590. The number of hydrogen-bond acceptors (Lipinski definition) is 12. The van der Waals surface area contributed by atoms with Crippen molar-refractivity contribution in [2.75, 3.05) is 19.8 Å². The van der Waals surface area contributed by atoms with Crippen LogP contribution in [0.15, 0.2) is 85.2 Å². The molecule has 3 aliphatic carbocycles. The van der Waals surface area contributed by atoms with Crippen molar-refractivity contribution in [1.82, 2.24) is 29.2 Å². The molecule has 4 N–H and O–H groups in total. The maximum atomic E-state index is 11.2. The van der Waals surface area contributed by atoms with Gasteiger partial charge in [-0.25, -0.2) is 19.0 Å². The predicted octanol–water partition coefficient (Wildman–Crippen LogP) is 9.38. The van der Waals surface area contributed by atoms with Gasteiger partial charge in [0.25, 0.3) is 0 Å². The molecule has 4 aromatic heterocycles. The number of fused-ring (bicyclic) bond motifs is 2. The Labute approximate surface area is 492 Å². The van der Waals surface area contributed by atoms with Crippen molar-refractivity contribution >= 4 is 75.1 Å². The van der Waals surface area contributed by atoms with Gasteiger partial charge in [-0.2, -0.15) is 5.10 Å². The van der Waals surface area contributed by atoms with Crippen LogP contribution in [0.1, 0.15) is 132 Å². The van der Waals surface area contributed by atoms with E-state index in [2.05, 4.69) is 20.2 Å². The number of aliphatic hydroxyl groups excluding tert-OH is 2. The molecule has 76 heavy (non-hydrogen) atoms. The maximum Gasteiger partial charge on any atom is 2.00 e. The quantitative estimate of drug-likeness (QED) is 0.0644. The molecule has 4 aliphatic rings. The van der Waals surface area contributed by atoms with Gasteiger partial charge < -0.3 is 59.0 Å². The standard InChI is InChI=1S/C21H24ClN3O2.C12H7Cl2N3.C9H16O3.C9H18O2.C4H8O.CH4.CH3.BrH.Mg/c1-21(2,26)15-6-8-17(9-7-15)27-20-11-10-19-23-13-18(25(19)24-20)14-4-3-5-16(22)12-14;13-9-3-1-2-8(6-9)10-7-15-12-5-4-11(14)16-17(10)12;1-2-12-9(11)7-3-5-8(10)6-4-7;1-9(2,11)7-3-5-8(10)6-4-7;1-2-4-5-3-1;;;;/h3-5,10-13,15,17,26H,6-9H2,1-2H3;1-7H;7-8,10H,2-6H2,1H3;7-8,10-11H,3-6H2,1-2H3;1-4H2;1H4;1H3;1H;/q;;;;;;-1;;+2/p-1. The molecular weight excluding hydrogens is 1110 g/mol. The van der Waals surface area contributed by atoms with Crippen LogP contribution in [0.2, 0.25) is 15.2 Å². The van der Waals surface area contributed by atoms with Crippen LogP contribution >= 0.6 is 34.8 Å². The number of hydrogen-bond donors (Lipinski definition) is 4. The third-order valence-corrected chi connectivity index (χ3v) is 14.4. The van der Waals surface area contributed by atoms with Crippen molar-refractivity contribution in [3.8, 4) is 28.4 Å². The Morgan fingerprint density at radius 1 is 0.671 bits per heavy atom. The molecule has 0 unspecified atom stereocenters. The number of aromatic nitrogens is 6. The summed E-state index contributed by atoms with van der Waals surface area (Å²) >= 11 is 18.0. The first-order chi connectivity index (χ1) is 34.4. The topological polar surface area (TPSA) is 186 Å². The first-order valence-electron chi connectivity index (χ1n) is 25.5. The number of benzene rings is 2. The van der Waals surface area contributed by atoms with E-state index < -0.39 is 11.2 Å². The molecule has 416 valence electrons. The molecule has 10 rings (SSSR count). The predicted molar refractivity (Wildman–Crippen MR) is 302 cm³/mol. The summed E-state index contributed by atoms with van der Waals surface area (Å²) in [5, 5.41) is 48.9. The summed E-state index contributed by atoms with van der Waals surface area (Å²) in [5.74, 6) is 1.25. The van der Waals surface area contributed by atoms with E-state index in [9.17, 15) is 25.2 Å². The fraction of sp³-hybridized carbons (Fsp3) is 0.544. The Hall–Kier alpha value is -3.13. The Morgan fingerprint density at radius 2 is 1.12 bits per heavy atom. The van der Waals surface area contributed by atoms with Crippen molar-refractivity contribution < 1.29 is 56.4 Å². The summed E-state index contributed by atoms with van der Waals surface area (Å²) in [6.45, 7) is 11.8. The van der Waals surface area contributed by atoms with Gasteiger partial charge in [-0.15, -0.1) is 5.10 Å². The van der Waals surface area contributed by atoms with E-state index in [-0.39, 0.29) is 85.1 Å². The number of rotatable bonds is 8. The third kappa shape index (κ3) is 21.5. The second-order valence-corrected chi connectivity index (χ2v) is 21.4. The second-order valence-electron chi connectivity index (χ2n) is 20.2. The Balaban J connectivity index is 0.000000349. The number of nitrogens with zero attached hydrogens (tertiary/aromatic N) is 6. The molecule has 2 aromatic carbocycles. The molecule has 3 saturated carbocycles. The minimum absolute atomic E-state index is 0. The summed E-state index contributed by atoms with van der Waals surface area (Å²) in [6.07, 6.45) is 16.4. The molecule has 0 amide bonds. The van der Waals surface area contributed by atoms with Crippen LogP contribution in [-0.2, 0) is 14.3 Å². The number of ether oxygens (including phenoxy) is 3. The van der Waals surface area contributed by atoms with Gasteiger partial charge in [0.2, 0.25) is 5.88 Å². The molecule has 1 saturated heterocycles. The van der Waals surface area contributed by atoms with Crippen LogP contribution in [0.25, 0.3) is 33.8 Å². The second kappa shape index (κ2) is 33.5. The third-order valence-electron chi connectivity index (χ3n) is 13.7. The van der Waals surface area contributed by atoms with Crippen molar-refractivity contribution in [1.29, 1.82) is 0 Å². The van der Waals surface area contributed by atoms with Gasteiger partial charge >= 0.3 is 29.0 Å². The molecule has 0 radical (unpaired) electrons. The van der Waals surface area contributed by atoms with Gasteiger partial charge in [0, 0.05) is 40.5 Å². The summed E-state index contributed by atoms with van der Waals surface area (Å²) in [7, 11) is 0. The number of esters is 1. The number of carbonyl (C=O) groups excluding carboxylic acids is 1. The van der Waals surface area contributed by atoms with E-state index in [4.69, 9.17) is 49.0 Å². The van der Waals surface area contributed by atoms with Gasteiger partial charge in [0.05, 0.1) is 59.7 Å². The summed E-state index contributed by atoms with van der Waals surface area (Å²) in [5.41, 5.74) is 4.01. The minimum atomic E-state index is -0.620. The minimum Gasteiger partial charge on any atom is -1.00 e. The zero-order valence-corrected chi connectivity index (χ0v) is 49.7. The number of halogens is 4. The van der Waals surface area contributed by atoms with E-state index in [1.54, 1.807) is 27.5 Å². The summed E-state index contributed by atoms with van der Waals surface area (Å²) < 4.78 is 19.5. The van der Waals surface area contributed by atoms with E-state index in [1.165, 1.54) is 12.8 Å². The Kier molecular flexibility index (Phi) is 30.4. The van der Waals surface area contributed by atoms with E-state index in [0.717, 1.165) is 124 Å². The molecule has 5 heterocycles. The average molecular weight is 1190 g/mol. The summed E-state index contributed by atoms with van der Waals surface area (Å²) in [4.78, 5) is 19.9. The molecule has 1 aliphatic heterocycles. The monoisotopic (exact) mass is 1180 g/mol. The normalized spacial score (nSPS) is 21.0. The first kappa shape index (κ1) is 69.0. The van der Waals surface area contributed by atoms with Crippen molar-refractivity contribution in [3.05, 3.63) is 108 Å². The molecule has 0 spiro atoms. The van der Waals surface area contributed by atoms with E-state index >= 15 is 0 Å². The largest absolute Gasteiger partial charge is 2.00 e. The van der Waals surface area contributed by atoms with Gasteiger partial charge in [-0.3, -0.25) is 4.79 Å². The molecule has 14 nitrogen and oxygen atoms in total. The molecule has 0 atom stereocenters. The zero-order chi connectivity index (χ0) is 51.8.